The summed E-state index contributed by atoms with van der Waals surface area (Å²) in [4.78, 5) is 22.3. The summed E-state index contributed by atoms with van der Waals surface area (Å²) in [6.07, 6.45) is 0.780. The Bertz CT molecular complexity index is 1110. The maximum Gasteiger partial charge on any atom is 0.260 e. The second-order valence-electron chi connectivity index (χ2n) is 7.99. The van der Waals surface area contributed by atoms with Gasteiger partial charge in [0.15, 0.2) is 28.1 Å². The predicted molar refractivity (Wildman–Crippen MR) is 132 cm³/mol. The summed E-state index contributed by atoms with van der Waals surface area (Å²) in [5, 5.41) is 0.606. The number of carbonyl (C=O) groups excluding carboxylic acids is 1. The van der Waals surface area contributed by atoms with Crippen molar-refractivity contribution in [3.63, 3.8) is 0 Å². The van der Waals surface area contributed by atoms with Crippen molar-refractivity contribution in [2.45, 2.75) is 6.42 Å². The summed E-state index contributed by atoms with van der Waals surface area (Å²) in [7, 11) is 8.60. The Morgan fingerprint density at radius 3 is 2.21 bits per heavy atom. The third-order valence-electron chi connectivity index (χ3n) is 5.42. The Kier molecular flexibility index (Phi) is 7.28. The third-order valence-corrected chi connectivity index (χ3v) is 6.46. The van der Waals surface area contributed by atoms with Gasteiger partial charge >= 0.3 is 0 Å². The fourth-order valence-corrected chi connectivity index (χ4v) is 4.76. The number of fused-ring (bicyclic) bond motifs is 2. The van der Waals surface area contributed by atoms with Crippen LogP contribution in [0.2, 0.25) is 0 Å². The quantitative estimate of drug-likeness (QED) is 0.452. The van der Waals surface area contributed by atoms with Crippen molar-refractivity contribution < 1.29 is 28.5 Å². The average molecular weight is 488 g/mol. The maximum atomic E-state index is 13.8. The molecule has 3 aromatic rings. The lowest BCUT2D eigenvalue weighted by atomic mass is 10.1. The number of thiazole rings is 1. The zero-order chi connectivity index (χ0) is 24.2. The molecular formula is C24H29N3O6S. The van der Waals surface area contributed by atoms with Crippen molar-refractivity contribution in [2.24, 2.45) is 0 Å². The fraction of sp³-hybridized carbons (Fsp3) is 0.417. The largest absolute Gasteiger partial charge is 0.493 e. The first-order chi connectivity index (χ1) is 16.4. The van der Waals surface area contributed by atoms with Crippen LogP contribution in [0, 0.1) is 0 Å². The van der Waals surface area contributed by atoms with E-state index in [4.69, 9.17) is 28.7 Å². The Labute approximate surface area is 202 Å². The molecule has 1 amide bonds. The number of carbonyl (C=O) groups is 1. The number of hydrogen-bond donors (Lipinski definition) is 0. The molecule has 10 heteroatoms. The fourth-order valence-electron chi connectivity index (χ4n) is 3.76. The molecule has 0 unspecified atom stereocenters. The summed E-state index contributed by atoms with van der Waals surface area (Å²) in [5.41, 5.74) is 1.18. The van der Waals surface area contributed by atoms with Crippen LogP contribution in [0.4, 0.5) is 5.13 Å². The van der Waals surface area contributed by atoms with Crippen molar-refractivity contribution in [1.82, 2.24) is 9.88 Å². The van der Waals surface area contributed by atoms with Crippen LogP contribution in [0.25, 0.3) is 10.2 Å². The van der Waals surface area contributed by atoms with Gasteiger partial charge in [-0.1, -0.05) is 11.3 Å². The first-order valence-electron chi connectivity index (χ1n) is 10.9. The van der Waals surface area contributed by atoms with Gasteiger partial charge in [-0.15, -0.1) is 0 Å². The summed E-state index contributed by atoms with van der Waals surface area (Å²) in [6.45, 7) is 2.35. The number of aromatic nitrogens is 1. The number of amides is 1. The number of methoxy groups -OCH3 is 3. The minimum atomic E-state index is -0.200. The Morgan fingerprint density at radius 2 is 1.62 bits per heavy atom. The minimum absolute atomic E-state index is 0.200. The van der Waals surface area contributed by atoms with Crippen molar-refractivity contribution in [3.05, 3.63) is 29.8 Å². The zero-order valence-corrected chi connectivity index (χ0v) is 20.9. The van der Waals surface area contributed by atoms with Crippen LogP contribution in [0.5, 0.6) is 28.7 Å². The van der Waals surface area contributed by atoms with E-state index in [2.05, 4.69) is 4.90 Å². The molecule has 0 radical (unpaired) electrons. The molecule has 0 N–H and O–H groups in total. The van der Waals surface area contributed by atoms with Gasteiger partial charge in [0, 0.05) is 24.2 Å². The normalized spacial score (nSPS) is 12.6. The molecule has 1 aliphatic heterocycles. The minimum Gasteiger partial charge on any atom is -0.493 e. The van der Waals surface area contributed by atoms with E-state index in [1.54, 1.807) is 17.0 Å². The maximum absolute atomic E-state index is 13.8. The third kappa shape index (κ3) is 4.83. The molecule has 0 atom stereocenters. The molecule has 0 bridgehead atoms. The lowest BCUT2D eigenvalue weighted by molar-refractivity contribution is 0.0985. The van der Waals surface area contributed by atoms with Crippen LogP contribution in [0.3, 0.4) is 0 Å². The molecular weight excluding hydrogens is 458 g/mol. The predicted octanol–water partition coefficient (Wildman–Crippen LogP) is 3.69. The summed E-state index contributed by atoms with van der Waals surface area (Å²) in [5.74, 6) is 2.45. The summed E-state index contributed by atoms with van der Waals surface area (Å²) >= 11 is 1.45. The molecule has 0 aliphatic carbocycles. The van der Waals surface area contributed by atoms with E-state index in [9.17, 15) is 4.79 Å². The first kappa shape index (κ1) is 23.9. The molecule has 0 fully saturated rings. The second kappa shape index (κ2) is 10.4. The van der Waals surface area contributed by atoms with Gasteiger partial charge < -0.3 is 28.6 Å². The molecule has 1 aromatic heterocycles. The van der Waals surface area contributed by atoms with Gasteiger partial charge in [-0.05, 0) is 39.2 Å². The Morgan fingerprint density at radius 1 is 0.971 bits per heavy atom. The van der Waals surface area contributed by atoms with Crippen molar-refractivity contribution >= 4 is 32.6 Å². The van der Waals surface area contributed by atoms with E-state index >= 15 is 0 Å². The van der Waals surface area contributed by atoms with Crippen molar-refractivity contribution in [1.29, 1.82) is 0 Å². The monoisotopic (exact) mass is 487 g/mol. The molecule has 2 aromatic carbocycles. The highest BCUT2D eigenvalue weighted by molar-refractivity contribution is 7.22. The lowest BCUT2D eigenvalue weighted by Crippen LogP contribution is -2.33. The zero-order valence-electron chi connectivity index (χ0n) is 20.0. The molecule has 0 spiro atoms. The van der Waals surface area contributed by atoms with Crippen LogP contribution >= 0.6 is 11.3 Å². The molecule has 4 rings (SSSR count). The molecule has 0 saturated heterocycles. The van der Waals surface area contributed by atoms with E-state index < -0.39 is 0 Å². The van der Waals surface area contributed by atoms with E-state index in [0.29, 0.717) is 59.2 Å². The van der Waals surface area contributed by atoms with Crippen LogP contribution in [-0.4, -0.2) is 77.5 Å². The van der Waals surface area contributed by atoms with Gasteiger partial charge in [0.25, 0.3) is 5.91 Å². The van der Waals surface area contributed by atoms with Gasteiger partial charge in [0.2, 0.25) is 5.75 Å². The van der Waals surface area contributed by atoms with Crippen LogP contribution < -0.4 is 28.6 Å². The number of rotatable bonds is 9. The highest BCUT2D eigenvalue weighted by Gasteiger charge is 2.25. The van der Waals surface area contributed by atoms with Crippen LogP contribution in [0.1, 0.15) is 16.8 Å². The van der Waals surface area contributed by atoms with Gasteiger partial charge in [0.1, 0.15) is 13.2 Å². The molecule has 34 heavy (non-hydrogen) atoms. The van der Waals surface area contributed by atoms with E-state index in [1.165, 1.54) is 32.7 Å². The van der Waals surface area contributed by atoms with Gasteiger partial charge in [0.05, 0.1) is 31.5 Å². The van der Waals surface area contributed by atoms with E-state index in [1.807, 2.05) is 26.2 Å². The standard InChI is InChI=1S/C24H29N3O6S/c1-26(2)7-6-8-27(23(28)15-11-19(29-3)22(31-5)20(12-15)30-4)24-25-16-13-17-18(14-21(16)34-24)33-10-9-32-17/h11-14H,6-10H2,1-5H3. The van der Waals surface area contributed by atoms with Crippen LogP contribution in [0.15, 0.2) is 24.3 Å². The van der Waals surface area contributed by atoms with Crippen LogP contribution in [-0.2, 0) is 0 Å². The smallest absolute Gasteiger partial charge is 0.260 e. The molecule has 2 heterocycles. The van der Waals surface area contributed by atoms with Gasteiger partial charge in [-0.25, -0.2) is 4.98 Å². The number of anilines is 1. The highest BCUT2D eigenvalue weighted by Crippen LogP contribution is 2.41. The Hall–Kier alpha value is -3.24. The summed E-state index contributed by atoms with van der Waals surface area (Å²) in [6, 6.07) is 7.12. The lowest BCUT2D eigenvalue weighted by Gasteiger charge is -2.22. The number of benzene rings is 2. The summed E-state index contributed by atoms with van der Waals surface area (Å²) < 4.78 is 28.6. The first-order valence-corrected chi connectivity index (χ1v) is 11.7. The van der Waals surface area contributed by atoms with E-state index in [-0.39, 0.29) is 5.91 Å². The van der Waals surface area contributed by atoms with Gasteiger partial charge in [-0.3, -0.25) is 9.69 Å². The molecule has 0 saturated carbocycles. The van der Waals surface area contributed by atoms with Gasteiger partial charge in [-0.2, -0.15) is 0 Å². The number of nitrogens with zero attached hydrogens (tertiary/aromatic N) is 3. The number of hydrogen-bond acceptors (Lipinski definition) is 9. The molecule has 1 aliphatic rings. The van der Waals surface area contributed by atoms with E-state index in [0.717, 1.165) is 23.2 Å². The molecule has 182 valence electrons. The number of ether oxygens (including phenoxy) is 5. The highest BCUT2D eigenvalue weighted by atomic mass is 32.1. The topological polar surface area (TPSA) is 82.6 Å². The second-order valence-corrected chi connectivity index (χ2v) is 9.00. The van der Waals surface area contributed by atoms with Crippen molar-refractivity contribution in [3.8, 4) is 28.7 Å². The average Bonchev–Trinajstić information content (AvgIpc) is 3.25. The SMILES string of the molecule is COc1cc(C(=O)N(CCCN(C)C)c2nc3cc4c(cc3s2)OCCO4)cc(OC)c1OC. The van der Waals surface area contributed by atoms with Crippen molar-refractivity contribution in [2.75, 3.05) is 66.6 Å². The molecule has 9 nitrogen and oxygen atoms in total. The Balaban J connectivity index is 1.73.